The zero-order valence-corrected chi connectivity index (χ0v) is 18.2. The number of ketones is 1. The van der Waals surface area contributed by atoms with Gasteiger partial charge in [0, 0.05) is 36.7 Å². The van der Waals surface area contributed by atoms with Crippen LogP contribution in [0.25, 0.3) is 0 Å². The SMILES string of the molecule is COC(=O)C(Cc1ccc(C(=O)c2ccccc2N)cc1)NC(=O)C1CCCN1C(C)=O. The number of nitrogens with two attached hydrogens (primary N) is 1. The van der Waals surface area contributed by atoms with Gasteiger partial charge >= 0.3 is 5.97 Å². The average molecular weight is 437 g/mol. The zero-order chi connectivity index (χ0) is 23.3. The number of esters is 1. The van der Waals surface area contributed by atoms with Crippen LogP contribution in [0.3, 0.4) is 0 Å². The molecular weight excluding hydrogens is 410 g/mol. The Balaban J connectivity index is 1.71. The number of hydrogen-bond acceptors (Lipinski definition) is 6. The fraction of sp³-hybridized carbons (Fsp3) is 0.333. The van der Waals surface area contributed by atoms with Crippen LogP contribution in [0.4, 0.5) is 5.69 Å². The lowest BCUT2D eigenvalue weighted by atomic mass is 9.98. The highest BCUT2D eigenvalue weighted by molar-refractivity contribution is 6.12. The summed E-state index contributed by atoms with van der Waals surface area (Å²) in [7, 11) is 1.25. The number of likely N-dealkylation sites (tertiary alicyclic amines) is 1. The van der Waals surface area contributed by atoms with Crippen molar-refractivity contribution >= 4 is 29.3 Å². The summed E-state index contributed by atoms with van der Waals surface area (Å²) in [6.07, 6.45) is 1.48. The van der Waals surface area contributed by atoms with Gasteiger partial charge in [0.15, 0.2) is 5.78 Å². The van der Waals surface area contributed by atoms with E-state index in [0.717, 1.165) is 12.0 Å². The predicted octanol–water partition coefficient (Wildman–Crippen LogP) is 1.71. The smallest absolute Gasteiger partial charge is 0.328 e. The number of nitrogens with one attached hydrogen (secondary N) is 1. The van der Waals surface area contributed by atoms with Gasteiger partial charge in [-0.1, -0.05) is 36.4 Å². The molecule has 0 aliphatic carbocycles. The Morgan fingerprint density at radius 2 is 1.81 bits per heavy atom. The van der Waals surface area contributed by atoms with Crippen molar-refractivity contribution in [2.24, 2.45) is 0 Å². The fourth-order valence-corrected chi connectivity index (χ4v) is 3.91. The molecule has 1 heterocycles. The Morgan fingerprint density at radius 1 is 1.12 bits per heavy atom. The largest absolute Gasteiger partial charge is 0.467 e. The van der Waals surface area contributed by atoms with Crippen LogP contribution in [0.2, 0.25) is 0 Å². The lowest BCUT2D eigenvalue weighted by Gasteiger charge is -2.25. The van der Waals surface area contributed by atoms with Gasteiger partial charge in [0.1, 0.15) is 12.1 Å². The van der Waals surface area contributed by atoms with E-state index >= 15 is 0 Å². The van der Waals surface area contributed by atoms with Crippen LogP contribution in [-0.4, -0.2) is 54.2 Å². The molecule has 0 spiro atoms. The molecule has 1 aliphatic heterocycles. The van der Waals surface area contributed by atoms with Crippen LogP contribution in [0.15, 0.2) is 48.5 Å². The Kier molecular flexibility index (Phi) is 7.25. The molecule has 3 rings (SSSR count). The minimum absolute atomic E-state index is 0.170. The first kappa shape index (κ1) is 23.0. The molecule has 3 N–H and O–H groups in total. The minimum atomic E-state index is -0.909. The fourth-order valence-electron chi connectivity index (χ4n) is 3.91. The molecule has 8 heteroatoms. The van der Waals surface area contributed by atoms with Crippen molar-refractivity contribution < 1.29 is 23.9 Å². The van der Waals surface area contributed by atoms with Crippen molar-refractivity contribution in [2.75, 3.05) is 19.4 Å². The van der Waals surface area contributed by atoms with Gasteiger partial charge in [0.05, 0.1) is 7.11 Å². The number of carbonyl (C=O) groups is 4. The van der Waals surface area contributed by atoms with E-state index in [-0.39, 0.29) is 24.0 Å². The van der Waals surface area contributed by atoms with Gasteiger partial charge in [-0.05, 0) is 30.5 Å². The van der Waals surface area contributed by atoms with E-state index in [4.69, 9.17) is 10.5 Å². The summed E-state index contributed by atoms with van der Waals surface area (Å²) in [4.78, 5) is 51.0. The van der Waals surface area contributed by atoms with Gasteiger partial charge in [-0.25, -0.2) is 4.79 Å². The Hall–Kier alpha value is -3.68. The molecule has 2 aromatic carbocycles. The highest BCUT2D eigenvalue weighted by atomic mass is 16.5. The summed E-state index contributed by atoms with van der Waals surface area (Å²) in [5.74, 6) is -1.32. The third-order valence-electron chi connectivity index (χ3n) is 5.62. The molecule has 2 aromatic rings. The number of methoxy groups -OCH3 is 1. The summed E-state index contributed by atoms with van der Waals surface area (Å²) in [5, 5.41) is 2.72. The highest BCUT2D eigenvalue weighted by Crippen LogP contribution is 2.19. The van der Waals surface area contributed by atoms with Crippen LogP contribution >= 0.6 is 0 Å². The molecule has 168 valence electrons. The van der Waals surface area contributed by atoms with Crippen LogP contribution < -0.4 is 11.1 Å². The number of rotatable bonds is 7. The first-order valence-electron chi connectivity index (χ1n) is 10.5. The average Bonchev–Trinajstić information content (AvgIpc) is 3.29. The molecule has 0 bridgehead atoms. The molecular formula is C24H27N3O5. The lowest BCUT2D eigenvalue weighted by Crippen LogP contribution is -2.51. The monoisotopic (exact) mass is 437 g/mol. The van der Waals surface area contributed by atoms with E-state index < -0.39 is 18.1 Å². The first-order chi connectivity index (χ1) is 15.3. The quantitative estimate of drug-likeness (QED) is 0.387. The molecule has 1 fully saturated rings. The molecule has 8 nitrogen and oxygen atoms in total. The summed E-state index contributed by atoms with van der Waals surface area (Å²) in [5.41, 5.74) is 7.93. The number of ether oxygens (including phenoxy) is 1. The third-order valence-corrected chi connectivity index (χ3v) is 5.62. The number of para-hydroxylation sites is 1. The van der Waals surface area contributed by atoms with E-state index in [9.17, 15) is 19.2 Å². The molecule has 0 radical (unpaired) electrons. The number of amides is 2. The Labute approximate surface area is 186 Å². The van der Waals surface area contributed by atoms with E-state index in [1.54, 1.807) is 48.5 Å². The van der Waals surface area contributed by atoms with E-state index in [2.05, 4.69) is 5.32 Å². The van der Waals surface area contributed by atoms with Gasteiger partial charge in [-0.2, -0.15) is 0 Å². The number of carbonyl (C=O) groups excluding carboxylic acids is 4. The summed E-state index contributed by atoms with van der Waals surface area (Å²) in [6.45, 7) is 1.95. The van der Waals surface area contributed by atoms with Gasteiger partial charge in [-0.3, -0.25) is 14.4 Å². The van der Waals surface area contributed by atoms with Gasteiger partial charge in [0.2, 0.25) is 11.8 Å². The Bertz CT molecular complexity index is 1020. The number of anilines is 1. The summed E-state index contributed by atoms with van der Waals surface area (Å²) >= 11 is 0. The summed E-state index contributed by atoms with van der Waals surface area (Å²) < 4.78 is 4.85. The second kappa shape index (κ2) is 10.1. The van der Waals surface area contributed by atoms with Crippen molar-refractivity contribution in [1.29, 1.82) is 0 Å². The minimum Gasteiger partial charge on any atom is -0.467 e. The van der Waals surface area contributed by atoms with Gasteiger partial charge in [0.25, 0.3) is 0 Å². The van der Waals surface area contributed by atoms with E-state index in [0.29, 0.717) is 29.8 Å². The molecule has 2 unspecified atom stereocenters. The molecule has 32 heavy (non-hydrogen) atoms. The van der Waals surface area contributed by atoms with Crippen molar-refractivity contribution in [3.8, 4) is 0 Å². The molecule has 0 saturated carbocycles. The number of nitrogen functional groups attached to an aromatic ring is 1. The first-order valence-corrected chi connectivity index (χ1v) is 10.5. The molecule has 1 saturated heterocycles. The second-order valence-corrected chi connectivity index (χ2v) is 7.77. The van der Waals surface area contributed by atoms with Crippen LogP contribution in [-0.2, 0) is 25.5 Å². The van der Waals surface area contributed by atoms with Crippen molar-refractivity contribution in [1.82, 2.24) is 10.2 Å². The standard InChI is InChI=1S/C24H27N3O5/c1-15(28)27-13-5-8-21(27)23(30)26-20(24(31)32-2)14-16-9-11-17(12-10-16)22(29)18-6-3-4-7-19(18)25/h3-4,6-7,9-12,20-21H,5,8,13-14,25H2,1-2H3,(H,26,30). The molecule has 2 atom stereocenters. The lowest BCUT2D eigenvalue weighted by molar-refractivity contribution is -0.146. The highest BCUT2D eigenvalue weighted by Gasteiger charge is 2.34. The van der Waals surface area contributed by atoms with Gasteiger partial charge < -0.3 is 20.7 Å². The normalized spacial score (nSPS) is 16.3. The number of nitrogens with zero attached hydrogens (tertiary/aromatic N) is 1. The molecule has 1 aliphatic rings. The third kappa shape index (κ3) is 5.14. The maximum Gasteiger partial charge on any atom is 0.328 e. The predicted molar refractivity (Wildman–Crippen MR) is 119 cm³/mol. The zero-order valence-electron chi connectivity index (χ0n) is 18.2. The van der Waals surface area contributed by atoms with Crippen LogP contribution in [0.1, 0.15) is 41.3 Å². The van der Waals surface area contributed by atoms with Crippen molar-refractivity contribution in [2.45, 2.75) is 38.3 Å². The maximum atomic E-state index is 12.7. The van der Waals surface area contributed by atoms with Crippen LogP contribution in [0, 0.1) is 0 Å². The van der Waals surface area contributed by atoms with E-state index in [1.165, 1.54) is 18.9 Å². The summed E-state index contributed by atoms with van der Waals surface area (Å²) in [6, 6.07) is 12.1. The van der Waals surface area contributed by atoms with Crippen LogP contribution in [0.5, 0.6) is 0 Å². The van der Waals surface area contributed by atoms with Crippen molar-refractivity contribution in [3.05, 3.63) is 65.2 Å². The molecule has 0 aromatic heterocycles. The number of hydrogen-bond donors (Lipinski definition) is 2. The van der Waals surface area contributed by atoms with Crippen molar-refractivity contribution in [3.63, 3.8) is 0 Å². The number of benzene rings is 2. The van der Waals surface area contributed by atoms with Gasteiger partial charge in [-0.15, -0.1) is 0 Å². The second-order valence-electron chi connectivity index (χ2n) is 7.77. The molecule has 2 amide bonds. The maximum absolute atomic E-state index is 12.7. The van der Waals surface area contributed by atoms with E-state index in [1.807, 2.05) is 0 Å². The topological polar surface area (TPSA) is 119 Å². The Morgan fingerprint density at radius 3 is 2.44 bits per heavy atom.